The smallest absolute Gasteiger partial charge is 0.492 e. The Morgan fingerprint density at radius 1 is 0.952 bits per heavy atom. The number of hydrogen-bond donors (Lipinski definition) is 2. The zero-order valence-corrected chi connectivity index (χ0v) is 22.9. The van der Waals surface area contributed by atoms with E-state index < -0.39 is 30.2 Å². The Morgan fingerprint density at radius 3 is 2.26 bits per heavy atom. The molecule has 2 N–H and O–H groups in total. The zero-order valence-electron chi connectivity index (χ0n) is 22.9. The van der Waals surface area contributed by atoms with Crippen LogP contribution in [0, 0.1) is 5.82 Å². The highest BCUT2D eigenvalue weighted by Crippen LogP contribution is 2.30. The van der Waals surface area contributed by atoms with Crippen LogP contribution in [0.25, 0.3) is 0 Å². The van der Waals surface area contributed by atoms with E-state index in [-0.39, 0.29) is 44.2 Å². The molecule has 3 aromatic rings. The van der Waals surface area contributed by atoms with Gasteiger partial charge in [-0.2, -0.15) is 0 Å². The normalized spacial score (nSPS) is 11.9. The Morgan fingerprint density at radius 2 is 1.62 bits per heavy atom. The molecule has 42 heavy (non-hydrogen) atoms. The second-order valence-electron chi connectivity index (χ2n) is 9.17. The third-order valence-corrected chi connectivity index (χ3v) is 6.07. The maximum atomic E-state index is 13.2. The number of nitrogens with zero attached hydrogens (tertiary/aromatic N) is 1. The molecular formula is C30H32F4N2O6. The van der Waals surface area contributed by atoms with E-state index in [1.165, 1.54) is 35.2 Å². The van der Waals surface area contributed by atoms with Gasteiger partial charge in [0.2, 0.25) is 0 Å². The van der Waals surface area contributed by atoms with Gasteiger partial charge in [-0.15, -0.1) is 13.2 Å². The van der Waals surface area contributed by atoms with Crippen molar-refractivity contribution in [3.05, 3.63) is 89.7 Å². The summed E-state index contributed by atoms with van der Waals surface area (Å²) < 4.78 is 66.8. The summed E-state index contributed by atoms with van der Waals surface area (Å²) >= 11 is 0. The number of carboxylic acid groups (broad SMARTS) is 1. The molecule has 0 aromatic heterocycles. The maximum absolute atomic E-state index is 13.2. The summed E-state index contributed by atoms with van der Waals surface area (Å²) in [5, 5.41) is 11.7. The van der Waals surface area contributed by atoms with Gasteiger partial charge in [-0.1, -0.05) is 36.4 Å². The van der Waals surface area contributed by atoms with Crippen LogP contribution in [0.4, 0.5) is 28.0 Å². The molecule has 0 aliphatic heterocycles. The average Bonchev–Trinajstić information content (AvgIpc) is 2.94. The van der Waals surface area contributed by atoms with Crippen LogP contribution >= 0.6 is 0 Å². The number of alkyl halides is 3. The number of carbonyl (C=O) groups is 2. The monoisotopic (exact) mass is 592 g/mol. The molecule has 12 heteroatoms. The number of nitrogens with one attached hydrogen (secondary N) is 1. The number of urea groups is 1. The maximum Gasteiger partial charge on any atom is 0.573 e. The number of benzene rings is 3. The van der Waals surface area contributed by atoms with Crippen LogP contribution < -0.4 is 14.8 Å². The van der Waals surface area contributed by atoms with E-state index in [1.807, 2.05) is 0 Å². The summed E-state index contributed by atoms with van der Waals surface area (Å²) in [6.07, 6.45) is -4.67. The van der Waals surface area contributed by atoms with E-state index in [1.54, 1.807) is 43.3 Å². The summed E-state index contributed by atoms with van der Waals surface area (Å²) in [5.41, 5.74) is 1.46. The van der Waals surface area contributed by atoms with Crippen molar-refractivity contribution in [3.63, 3.8) is 0 Å². The molecule has 1 unspecified atom stereocenters. The number of amides is 2. The van der Waals surface area contributed by atoms with E-state index in [0.717, 1.165) is 17.2 Å². The lowest BCUT2D eigenvalue weighted by Crippen LogP contribution is -2.39. The third-order valence-electron chi connectivity index (χ3n) is 6.07. The van der Waals surface area contributed by atoms with Gasteiger partial charge in [0.25, 0.3) is 0 Å². The van der Waals surface area contributed by atoms with E-state index in [2.05, 4.69) is 10.1 Å². The first-order valence-corrected chi connectivity index (χ1v) is 13.3. The van der Waals surface area contributed by atoms with Gasteiger partial charge < -0.3 is 29.5 Å². The topological polar surface area (TPSA) is 97.3 Å². The molecule has 0 fully saturated rings. The first kappa shape index (κ1) is 32.2. The molecule has 0 heterocycles. The first-order valence-electron chi connectivity index (χ1n) is 13.3. The molecular weight excluding hydrogens is 560 g/mol. The summed E-state index contributed by atoms with van der Waals surface area (Å²) in [7, 11) is 0. The van der Waals surface area contributed by atoms with Gasteiger partial charge in [0.15, 0.2) is 11.9 Å². The molecule has 8 nitrogen and oxygen atoms in total. The SMILES string of the molecule is CCOC(Cc1ccc(OCCN(CCCc2ccc(F)cc2)C(=O)Nc2ccccc2OC(F)(F)F)cc1)C(=O)O. The minimum absolute atomic E-state index is 0.0701. The molecule has 0 radical (unpaired) electrons. The number of carbonyl (C=O) groups excluding carboxylic acids is 1. The lowest BCUT2D eigenvalue weighted by molar-refractivity contribution is -0.274. The molecule has 0 bridgehead atoms. The molecule has 0 saturated carbocycles. The number of para-hydroxylation sites is 2. The fourth-order valence-corrected chi connectivity index (χ4v) is 4.05. The molecule has 0 saturated heterocycles. The molecule has 0 aliphatic rings. The number of ether oxygens (including phenoxy) is 3. The van der Waals surface area contributed by atoms with Gasteiger partial charge in [-0.05, 0) is 67.3 Å². The lowest BCUT2D eigenvalue weighted by Gasteiger charge is -2.24. The van der Waals surface area contributed by atoms with Crippen LogP contribution in [-0.4, -0.2) is 60.8 Å². The van der Waals surface area contributed by atoms with Gasteiger partial charge in [0.05, 0.1) is 12.2 Å². The summed E-state index contributed by atoms with van der Waals surface area (Å²) in [6, 6.07) is 17.3. The predicted molar refractivity (Wildman–Crippen MR) is 147 cm³/mol. The Labute approximate surface area is 240 Å². The fourth-order valence-electron chi connectivity index (χ4n) is 4.05. The number of aliphatic carboxylic acids is 1. The molecule has 2 amide bonds. The van der Waals surface area contributed by atoms with Crippen LogP contribution in [-0.2, 0) is 22.4 Å². The number of hydrogen-bond acceptors (Lipinski definition) is 5. The molecule has 0 spiro atoms. The number of halogens is 4. The van der Waals surface area contributed by atoms with E-state index >= 15 is 0 Å². The van der Waals surface area contributed by atoms with Crippen LogP contribution in [0.3, 0.4) is 0 Å². The average molecular weight is 593 g/mol. The quantitative estimate of drug-likeness (QED) is 0.201. The summed E-state index contributed by atoms with van der Waals surface area (Å²) in [6.45, 7) is 2.40. The van der Waals surface area contributed by atoms with Gasteiger partial charge >= 0.3 is 18.4 Å². The van der Waals surface area contributed by atoms with Gasteiger partial charge in [-0.25, -0.2) is 14.0 Å². The minimum atomic E-state index is -4.93. The molecule has 3 rings (SSSR count). The van der Waals surface area contributed by atoms with E-state index in [4.69, 9.17) is 9.47 Å². The molecule has 0 aliphatic carbocycles. The van der Waals surface area contributed by atoms with E-state index in [9.17, 15) is 32.3 Å². The molecule has 226 valence electrons. The number of anilines is 1. The zero-order chi connectivity index (χ0) is 30.5. The minimum Gasteiger partial charge on any atom is -0.492 e. The van der Waals surface area contributed by atoms with Gasteiger partial charge in [0.1, 0.15) is 18.2 Å². The van der Waals surface area contributed by atoms with Crippen molar-refractivity contribution in [2.45, 2.75) is 38.7 Å². The summed E-state index contributed by atoms with van der Waals surface area (Å²) in [4.78, 5) is 25.9. The Hall–Kier alpha value is -4.32. The van der Waals surface area contributed by atoms with Crippen LogP contribution in [0.2, 0.25) is 0 Å². The predicted octanol–water partition coefficient (Wildman–Crippen LogP) is 6.30. The van der Waals surface area contributed by atoms with Crippen molar-refractivity contribution in [1.82, 2.24) is 4.90 Å². The second-order valence-corrected chi connectivity index (χ2v) is 9.17. The van der Waals surface area contributed by atoms with Gasteiger partial charge in [0, 0.05) is 19.6 Å². The molecule has 3 aromatic carbocycles. The van der Waals surface area contributed by atoms with E-state index in [0.29, 0.717) is 18.6 Å². The standard InChI is InChI=1S/C30H32F4N2O6/c1-2-40-27(28(37)38)20-22-11-15-24(16-12-22)41-19-18-36(17-5-6-21-9-13-23(31)14-10-21)29(39)35-25-7-3-4-8-26(25)42-30(32,33)34/h3-4,7-16,27H,2,5-6,17-20H2,1H3,(H,35,39)(H,37,38). The van der Waals surface area contributed by atoms with Crippen LogP contribution in [0.1, 0.15) is 24.5 Å². The first-order chi connectivity index (χ1) is 20.0. The van der Waals surface area contributed by atoms with Crippen LogP contribution in [0.5, 0.6) is 11.5 Å². The Balaban J connectivity index is 1.63. The van der Waals surface area contributed by atoms with Crippen molar-refractivity contribution >= 4 is 17.7 Å². The molecule has 1 atom stereocenters. The van der Waals surface area contributed by atoms with Crippen molar-refractivity contribution in [3.8, 4) is 11.5 Å². The van der Waals surface area contributed by atoms with Crippen LogP contribution in [0.15, 0.2) is 72.8 Å². The highest BCUT2D eigenvalue weighted by molar-refractivity contribution is 5.91. The largest absolute Gasteiger partial charge is 0.573 e. The fraction of sp³-hybridized carbons (Fsp3) is 0.333. The number of rotatable bonds is 15. The highest BCUT2D eigenvalue weighted by atomic mass is 19.4. The van der Waals surface area contributed by atoms with Crippen molar-refractivity contribution in [2.24, 2.45) is 0 Å². The number of carboxylic acids is 1. The number of aryl methyl sites for hydroxylation is 1. The Bertz CT molecular complexity index is 1290. The Kier molecular flexibility index (Phi) is 12.0. The highest BCUT2D eigenvalue weighted by Gasteiger charge is 2.32. The van der Waals surface area contributed by atoms with Gasteiger partial charge in [-0.3, -0.25) is 0 Å². The lowest BCUT2D eigenvalue weighted by atomic mass is 10.1. The summed E-state index contributed by atoms with van der Waals surface area (Å²) in [5.74, 6) is -1.48. The second kappa shape index (κ2) is 15.6. The van der Waals surface area contributed by atoms with Crippen molar-refractivity contribution in [1.29, 1.82) is 0 Å². The van der Waals surface area contributed by atoms with Crippen molar-refractivity contribution < 1.29 is 46.5 Å². The van der Waals surface area contributed by atoms with Crippen molar-refractivity contribution in [2.75, 3.05) is 31.6 Å². The third kappa shape index (κ3) is 10.9.